The van der Waals surface area contributed by atoms with Crippen molar-refractivity contribution in [3.63, 3.8) is 0 Å². The molecule has 86 valence electrons. The molecule has 2 heteroatoms. The molecule has 0 spiro atoms. The molecule has 0 aromatic heterocycles. The van der Waals surface area contributed by atoms with Crippen molar-refractivity contribution in [1.82, 2.24) is 0 Å². The first-order valence-corrected chi connectivity index (χ1v) is 5.96. The minimum absolute atomic E-state index is 0.0117. The fourth-order valence-electron chi connectivity index (χ4n) is 2.71. The lowest BCUT2D eigenvalue weighted by Crippen LogP contribution is -2.12. The third-order valence-electron chi connectivity index (χ3n) is 3.61. The molecule has 1 aliphatic carbocycles. The van der Waals surface area contributed by atoms with Crippen molar-refractivity contribution in [1.29, 1.82) is 0 Å². The molecule has 1 aliphatic rings. The van der Waals surface area contributed by atoms with E-state index in [1.807, 2.05) is 18.2 Å². The molecule has 1 aromatic carbocycles. The van der Waals surface area contributed by atoms with Gasteiger partial charge < -0.3 is 0 Å². The number of hydrogen-bond donors (Lipinski definition) is 0. The summed E-state index contributed by atoms with van der Waals surface area (Å²) >= 11 is 0. The molecular formula is C14H17FO. The minimum atomic E-state index is -0.313. The van der Waals surface area contributed by atoms with Crippen molar-refractivity contribution in [3.05, 3.63) is 35.4 Å². The van der Waals surface area contributed by atoms with E-state index < -0.39 is 0 Å². The van der Waals surface area contributed by atoms with Crippen molar-refractivity contribution in [2.75, 3.05) is 6.67 Å². The first kappa shape index (κ1) is 11.3. The van der Waals surface area contributed by atoms with Crippen LogP contribution in [0.3, 0.4) is 0 Å². The summed E-state index contributed by atoms with van der Waals surface area (Å²) in [6, 6.07) is 7.38. The molecule has 16 heavy (non-hydrogen) atoms. The fraction of sp³-hybridized carbons (Fsp3) is 0.500. The first-order valence-electron chi connectivity index (χ1n) is 5.96. The van der Waals surface area contributed by atoms with Gasteiger partial charge >= 0.3 is 0 Å². The van der Waals surface area contributed by atoms with Crippen LogP contribution in [0, 0.1) is 5.92 Å². The maximum Gasteiger partial charge on any atom is 0.150 e. The van der Waals surface area contributed by atoms with Crippen LogP contribution in [0.25, 0.3) is 0 Å². The van der Waals surface area contributed by atoms with E-state index in [1.54, 1.807) is 6.07 Å². The van der Waals surface area contributed by atoms with Crippen LogP contribution in [0.5, 0.6) is 0 Å². The standard InChI is InChI=1S/C14H17FO/c15-9-14(12-5-1-2-6-12)13-7-3-4-11(8-13)10-16/h3-4,7-8,10,12,14H,1-2,5-6,9H2. The number of carbonyl (C=O) groups is 1. The zero-order chi connectivity index (χ0) is 11.4. The Hall–Kier alpha value is -1.18. The summed E-state index contributed by atoms with van der Waals surface area (Å²) in [4.78, 5) is 10.7. The van der Waals surface area contributed by atoms with Crippen molar-refractivity contribution in [2.24, 2.45) is 5.92 Å². The maximum absolute atomic E-state index is 13.1. The molecule has 0 N–H and O–H groups in total. The Bertz CT molecular complexity index is 356. The maximum atomic E-state index is 13.1. The van der Waals surface area contributed by atoms with Gasteiger partial charge in [0.25, 0.3) is 0 Å². The predicted octanol–water partition coefficient (Wildman–Crippen LogP) is 3.74. The summed E-state index contributed by atoms with van der Waals surface area (Å²) < 4.78 is 13.1. The topological polar surface area (TPSA) is 17.1 Å². The lowest BCUT2D eigenvalue weighted by molar-refractivity contribution is 0.112. The second-order valence-corrected chi connectivity index (χ2v) is 4.59. The fourth-order valence-corrected chi connectivity index (χ4v) is 2.71. The molecule has 0 radical (unpaired) electrons. The number of aldehydes is 1. The Balaban J connectivity index is 2.21. The molecule has 2 rings (SSSR count). The lowest BCUT2D eigenvalue weighted by Gasteiger charge is -2.20. The highest BCUT2D eigenvalue weighted by Gasteiger charge is 2.26. The van der Waals surface area contributed by atoms with Crippen LogP contribution in [-0.2, 0) is 0 Å². The molecule has 0 aliphatic heterocycles. The van der Waals surface area contributed by atoms with E-state index in [4.69, 9.17) is 0 Å². The molecule has 0 bridgehead atoms. The van der Waals surface area contributed by atoms with Crippen LogP contribution in [-0.4, -0.2) is 13.0 Å². The van der Waals surface area contributed by atoms with Crippen molar-refractivity contribution in [2.45, 2.75) is 31.6 Å². The summed E-state index contributed by atoms with van der Waals surface area (Å²) in [5.41, 5.74) is 1.63. The predicted molar refractivity (Wildman–Crippen MR) is 62.5 cm³/mol. The Morgan fingerprint density at radius 1 is 1.38 bits per heavy atom. The summed E-state index contributed by atoms with van der Waals surface area (Å²) in [6.07, 6.45) is 5.51. The normalized spacial score (nSPS) is 18.6. The average molecular weight is 220 g/mol. The van der Waals surface area contributed by atoms with Crippen molar-refractivity contribution in [3.8, 4) is 0 Å². The summed E-state index contributed by atoms with van der Waals surface area (Å²) in [5.74, 6) is 0.453. The van der Waals surface area contributed by atoms with Crippen molar-refractivity contribution < 1.29 is 9.18 Å². The van der Waals surface area contributed by atoms with Gasteiger partial charge in [-0.1, -0.05) is 31.0 Å². The van der Waals surface area contributed by atoms with Crippen LogP contribution in [0.1, 0.15) is 47.5 Å². The third kappa shape index (κ3) is 2.31. The quantitative estimate of drug-likeness (QED) is 0.706. The van der Waals surface area contributed by atoms with Crippen LogP contribution < -0.4 is 0 Å². The number of halogens is 1. The van der Waals surface area contributed by atoms with Gasteiger partial charge in [0, 0.05) is 11.5 Å². The van der Waals surface area contributed by atoms with Crippen LogP contribution in [0.15, 0.2) is 24.3 Å². The molecule has 1 unspecified atom stereocenters. The number of rotatable bonds is 4. The highest BCUT2D eigenvalue weighted by Crippen LogP contribution is 2.37. The Labute approximate surface area is 95.7 Å². The second-order valence-electron chi connectivity index (χ2n) is 4.59. The number of hydrogen-bond acceptors (Lipinski definition) is 1. The number of benzene rings is 1. The minimum Gasteiger partial charge on any atom is -0.298 e. The summed E-state index contributed by atoms with van der Waals surface area (Å²) in [6.45, 7) is -0.313. The average Bonchev–Trinajstić information content (AvgIpc) is 2.84. The lowest BCUT2D eigenvalue weighted by atomic mass is 9.85. The molecule has 1 atom stereocenters. The monoisotopic (exact) mass is 220 g/mol. The van der Waals surface area contributed by atoms with E-state index in [0.717, 1.165) is 24.7 Å². The molecule has 0 heterocycles. The highest BCUT2D eigenvalue weighted by molar-refractivity contribution is 5.75. The molecule has 0 saturated heterocycles. The zero-order valence-corrected chi connectivity index (χ0v) is 9.36. The van der Waals surface area contributed by atoms with Gasteiger partial charge in [-0.05, 0) is 30.4 Å². The first-order chi connectivity index (χ1) is 7.85. The van der Waals surface area contributed by atoms with Gasteiger partial charge in [0.1, 0.15) is 6.29 Å². The smallest absolute Gasteiger partial charge is 0.150 e. The van der Waals surface area contributed by atoms with E-state index in [9.17, 15) is 9.18 Å². The Morgan fingerprint density at radius 3 is 2.75 bits per heavy atom. The van der Waals surface area contributed by atoms with Gasteiger partial charge in [0.05, 0.1) is 6.67 Å². The van der Waals surface area contributed by atoms with Crippen LogP contribution >= 0.6 is 0 Å². The molecule has 1 nitrogen and oxygen atoms in total. The van der Waals surface area contributed by atoms with Gasteiger partial charge in [-0.2, -0.15) is 0 Å². The van der Waals surface area contributed by atoms with Crippen LogP contribution in [0.2, 0.25) is 0 Å². The highest BCUT2D eigenvalue weighted by atomic mass is 19.1. The zero-order valence-electron chi connectivity index (χ0n) is 9.36. The van der Waals surface area contributed by atoms with E-state index in [1.165, 1.54) is 12.8 Å². The Kier molecular flexibility index (Phi) is 3.70. The van der Waals surface area contributed by atoms with Gasteiger partial charge in [-0.15, -0.1) is 0 Å². The molecular weight excluding hydrogens is 203 g/mol. The molecule has 1 saturated carbocycles. The van der Waals surface area contributed by atoms with E-state index in [-0.39, 0.29) is 12.6 Å². The SMILES string of the molecule is O=Cc1cccc(C(CF)C2CCCC2)c1. The third-order valence-corrected chi connectivity index (χ3v) is 3.61. The van der Waals surface area contributed by atoms with Gasteiger partial charge in [-0.25, -0.2) is 0 Å². The van der Waals surface area contributed by atoms with E-state index in [2.05, 4.69) is 0 Å². The summed E-state index contributed by atoms with van der Waals surface area (Å²) in [5, 5.41) is 0. The second kappa shape index (κ2) is 5.24. The summed E-state index contributed by atoms with van der Waals surface area (Å²) in [7, 11) is 0. The number of carbonyl (C=O) groups excluding carboxylic acids is 1. The number of alkyl halides is 1. The molecule has 1 fully saturated rings. The van der Waals surface area contributed by atoms with Gasteiger partial charge in [-0.3, -0.25) is 9.18 Å². The van der Waals surface area contributed by atoms with Gasteiger partial charge in [0.15, 0.2) is 0 Å². The largest absolute Gasteiger partial charge is 0.298 e. The van der Waals surface area contributed by atoms with Crippen LogP contribution in [0.4, 0.5) is 4.39 Å². The van der Waals surface area contributed by atoms with Crippen molar-refractivity contribution >= 4 is 6.29 Å². The van der Waals surface area contributed by atoms with E-state index >= 15 is 0 Å². The molecule has 0 amide bonds. The van der Waals surface area contributed by atoms with E-state index in [0.29, 0.717) is 11.5 Å². The molecule has 1 aromatic rings. The van der Waals surface area contributed by atoms with Gasteiger partial charge in [0.2, 0.25) is 0 Å². The Morgan fingerprint density at radius 2 is 2.12 bits per heavy atom.